The van der Waals surface area contributed by atoms with E-state index in [9.17, 15) is 4.79 Å². The van der Waals surface area contributed by atoms with E-state index in [0.29, 0.717) is 6.61 Å². The molecule has 0 radical (unpaired) electrons. The summed E-state index contributed by atoms with van der Waals surface area (Å²) in [5, 5.41) is 0.984. The van der Waals surface area contributed by atoms with Gasteiger partial charge >= 0.3 is 5.97 Å². The summed E-state index contributed by atoms with van der Waals surface area (Å²) in [6.07, 6.45) is 1.64. The molecule has 4 heteroatoms. The molecule has 0 aliphatic heterocycles. The van der Waals surface area contributed by atoms with Gasteiger partial charge in [0.05, 0.1) is 6.61 Å². The van der Waals surface area contributed by atoms with Gasteiger partial charge in [-0.2, -0.15) is 0 Å². The first-order chi connectivity index (χ1) is 5.66. The molecule has 0 rings (SSSR count). The fourth-order valence-electron chi connectivity index (χ4n) is 0.714. The number of carbonyl (C=O) groups excluding carboxylic acids is 1. The van der Waals surface area contributed by atoms with Crippen LogP contribution < -0.4 is 0 Å². The Kier molecular flexibility index (Phi) is 7.50. The van der Waals surface area contributed by atoms with Crippen LogP contribution in [0.2, 0.25) is 0 Å². The first-order valence-corrected chi connectivity index (χ1v) is 5.13. The Balaban J connectivity index is 3.19. The van der Waals surface area contributed by atoms with Crippen molar-refractivity contribution in [3.8, 4) is 0 Å². The van der Waals surface area contributed by atoms with Gasteiger partial charge in [-0.3, -0.25) is 4.79 Å². The van der Waals surface area contributed by atoms with Crippen LogP contribution in [0.15, 0.2) is 0 Å². The van der Waals surface area contributed by atoms with Gasteiger partial charge in [-0.1, -0.05) is 15.9 Å². The van der Waals surface area contributed by atoms with Gasteiger partial charge in [-0.25, -0.2) is 0 Å². The maximum atomic E-state index is 10.4. The Labute approximate surface area is 81.6 Å². The highest BCUT2D eigenvalue weighted by atomic mass is 79.9. The third kappa shape index (κ3) is 8.01. The molecule has 12 heavy (non-hydrogen) atoms. The molecule has 0 spiro atoms. The Morgan fingerprint density at radius 1 is 1.50 bits per heavy atom. The normalized spacial score (nSPS) is 12.6. The second-order valence-electron chi connectivity index (χ2n) is 2.44. The van der Waals surface area contributed by atoms with Gasteiger partial charge < -0.3 is 9.47 Å². The van der Waals surface area contributed by atoms with E-state index in [1.807, 2.05) is 0 Å². The summed E-state index contributed by atoms with van der Waals surface area (Å²) in [6.45, 7) is 3.73. The maximum Gasteiger partial charge on any atom is 0.304 e. The number of hydrogen-bond donors (Lipinski definition) is 0. The van der Waals surface area contributed by atoms with Gasteiger partial charge in [0.25, 0.3) is 0 Å². The van der Waals surface area contributed by atoms with Gasteiger partial charge in [0.2, 0.25) is 0 Å². The van der Waals surface area contributed by atoms with E-state index in [2.05, 4.69) is 15.9 Å². The molecule has 0 aromatic heterocycles. The molecule has 0 aliphatic rings. The number of unbranched alkanes of at least 4 members (excludes halogenated alkanes) is 1. The molecule has 0 aromatic carbocycles. The fourth-order valence-corrected chi connectivity index (χ4v) is 1.11. The highest BCUT2D eigenvalue weighted by Crippen LogP contribution is 1.99. The zero-order valence-electron chi connectivity index (χ0n) is 7.51. The Morgan fingerprint density at radius 3 is 2.67 bits per heavy atom. The molecule has 0 saturated carbocycles. The third-order valence-corrected chi connectivity index (χ3v) is 1.77. The lowest BCUT2D eigenvalue weighted by atomic mass is 10.4. The minimum absolute atomic E-state index is 0.303. The summed E-state index contributed by atoms with van der Waals surface area (Å²) in [5.74, 6) is -0.303. The Bertz CT molecular complexity index is 127. The maximum absolute atomic E-state index is 10.4. The van der Waals surface area contributed by atoms with Crippen molar-refractivity contribution in [1.29, 1.82) is 0 Å². The SMILES string of the molecule is CC(=O)OC(C)OCCCCBr. The summed E-state index contributed by atoms with van der Waals surface area (Å²) in [6, 6.07) is 0. The molecule has 0 bridgehead atoms. The molecular formula is C8H15BrO3. The molecule has 1 unspecified atom stereocenters. The topological polar surface area (TPSA) is 35.5 Å². The highest BCUT2D eigenvalue weighted by Gasteiger charge is 2.03. The third-order valence-electron chi connectivity index (χ3n) is 1.21. The van der Waals surface area contributed by atoms with E-state index in [0.717, 1.165) is 18.2 Å². The lowest BCUT2D eigenvalue weighted by Gasteiger charge is -2.11. The van der Waals surface area contributed by atoms with Crippen molar-refractivity contribution in [3.63, 3.8) is 0 Å². The summed E-state index contributed by atoms with van der Waals surface area (Å²) in [4.78, 5) is 10.4. The van der Waals surface area contributed by atoms with Gasteiger partial charge in [0.15, 0.2) is 6.29 Å². The van der Waals surface area contributed by atoms with Gasteiger partial charge in [-0.15, -0.1) is 0 Å². The van der Waals surface area contributed by atoms with Crippen LogP contribution in [0.3, 0.4) is 0 Å². The molecule has 0 aliphatic carbocycles. The number of carbonyl (C=O) groups is 1. The first kappa shape index (κ1) is 11.9. The predicted molar refractivity (Wildman–Crippen MR) is 50.2 cm³/mol. The van der Waals surface area contributed by atoms with Crippen molar-refractivity contribution in [2.45, 2.75) is 33.0 Å². The Morgan fingerprint density at radius 2 is 2.17 bits per heavy atom. The van der Waals surface area contributed by atoms with E-state index in [-0.39, 0.29) is 5.97 Å². The summed E-state index contributed by atoms with van der Waals surface area (Å²) in [5.41, 5.74) is 0. The number of halogens is 1. The first-order valence-electron chi connectivity index (χ1n) is 4.01. The number of hydrogen-bond acceptors (Lipinski definition) is 3. The van der Waals surface area contributed by atoms with Crippen molar-refractivity contribution in [1.82, 2.24) is 0 Å². The molecule has 0 saturated heterocycles. The largest absolute Gasteiger partial charge is 0.436 e. The smallest absolute Gasteiger partial charge is 0.304 e. The van der Waals surface area contributed by atoms with Crippen LogP contribution in [-0.2, 0) is 14.3 Å². The van der Waals surface area contributed by atoms with Crippen molar-refractivity contribution >= 4 is 21.9 Å². The molecule has 0 amide bonds. The van der Waals surface area contributed by atoms with Crippen molar-refractivity contribution < 1.29 is 14.3 Å². The van der Waals surface area contributed by atoms with E-state index >= 15 is 0 Å². The lowest BCUT2D eigenvalue weighted by molar-refractivity contribution is -0.172. The van der Waals surface area contributed by atoms with E-state index in [1.165, 1.54) is 6.92 Å². The van der Waals surface area contributed by atoms with Crippen LogP contribution in [0.1, 0.15) is 26.7 Å². The quantitative estimate of drug-likeness (QED) is 0.308. The summed E-state index contributed by atoms with van der Waals surface area (Å²) in [7, 11) is 0. The highest BCUT2D eigenvalue weighted by molar-refractivity contribution is 9.09. The summed E-state index contributed by atoms with van der Waals surface area (Å²) < 4.78 is 9.95. The second-order valence-corrected chi connectivity index (χ2v) is 3.24. The molecular weight excluding hydrogens is 224 g/mol. The standard InChI is InChI=1S/C8H15BrO3/c1-7(10)12-8(2)11-6-4-3-5-9/h8H,3-6H2,1-2H3. The van der Waals surface area contributed by atoms with Crippen LogP contribution in [0, 0.1) is 0 Å². The molecule has 0 N–H and O–H groups in total. The molecule has 1 atom stereocenters. The molecule has 0 heterocycles. The number of esters is 1. The van der Waals surface area contributed by atoms with Gasteiger partial charge in [-0.05, 0) is 19.8 Å². The predicted octanol–water partition coefficient (Wildman–Crippen LogP) is 2.09. The zero-order chi connectivity index (χ0) is 9.40. The average molecular weight is 239 g/mol. The molecule has 72 valence electrons. The van der Waals surface area contributed by atoms with Crippen LogP contribution in [-0.4, -0.2) is 24.2 Å². The summed E-state index contributed by atoms with van der Waals surface area (Å²) >= 11 is 3.32. The van der Waals surface area contributed by atoms with Gasteiger partial charge in [0.1, 0.15) is 0 Å². The van der Waals surface area contributed by atoms with Crippen molar-refractivity contribution in [2.75, 3.05) is 11.9 Å². The second kappa shape index (κ2) is 7.55. The molecule has 0 fully saturated rings. The minimum atomic E-state index is -0.419. The molecule has 0 aromatic rings. The van der Waals surface area contributed by atoms with Crippen molar-refractivity contribution in [2.24, 2.45) is 0 Å². The monoisotopic (exact) mass is 238 g/mol. The zero-order valence-corrected chi connectivity index (χ0v) is 9.09. The van der Waals surface area contributed by atoms with Crippen LogP contribution in [0.25, 0.3) is 0 Å². The molecule has 3 nitrogen and oxygen atoms in total. The lowest BCUT2D eigenvalue weighted by Crippen LogP contribution is -2.16. The fraction of sp³-hybridized carbons (Fsp3) is 0.875. The van der Waals surface area contributed by atoms with Crippen molar-refractivity contribution in [3.05, 3.63) is 0 Å². The average Bonchev–Trinajstić information content (AvgIpc) is 1.97. The van der Waals surface area contributed by atoms with E-state index < -0.39 is 6.29 Å². The van der Waals surface area contributed by atoms with Crippen LogP contribution in [0.5, 0.6) is 0 Å². The number of rotatable bonds is 6. The van der Waals surface area contributed by atoms with Crippen LogP contribution >= 0.6 is 15.9 Å². The van der Waals surface area contributed by atoms with E-state index in [1.54, 1.807) is 6.92 Å². The van der Waals surface area contributed by atoms with Gasteiger partial charge in [0, 0.05) is 12.3 Å². The van der Waals surface area contributed by atoms with E-state index in [4.69, 9.17) is 9.47 Å². The van der Waals surface area contributed by atoms with Crippen LogP contribution in [0.4, 0.5) is 0 Å². The number of alkyl halides is 1. The minimum Gasteiger partial charge on any atom is -0.436 e. The Hall–Kier alpha value is -0.0900. The number of ether oxygens (including phenoxy) is 2.